The molecule has 0 N–H and O–H groups in total. The third kappa shape index (κ3) is 5.43. The predicted octanol–water partition coefficient (Wildman–Crippen LogP) is 4.70. The third-order valence-corrected chi connectivity index (χ3v) is 4.51. The molecule has 0 heterocycles. The van der Waals surface area contributed by atoms with Crippen LogP contribution in [0.1, 0.15) is 32.8 Å². The molecule has 1 atom stereocenters. The Morgan fingerprint density at radius 2 is 2.00 bits per heavy atom. The van der Waals surface area contributed by atoms with E-state index in [1.165, 1.54) is 0 Å². The van der Waals surface area contributed by atoms with Crippen molar-refractivity contribution in [3.8, 4) is 11.8 Å². The summed E-state index contributed by atoms with van der Waals surface area (Å²) in [6.45, 7) is 5.83. The first-order valence-corrected chi connectivity index (χ1v) is 8.37. The maximum Gasteiger partial charge on any atom is 0.540 e. The second kappa shape index (κ2) is 8.53. The number of hydrogen-bond acceptors (Lipinski definition) is 5. The Balaban J connectivity index is 2.79. The van der Waals surface area contributed by atoms with Gasteiger partial charge < -0.3 is 4.74 Å². The SMILES string of the molecule is CCC(C)C(C)=NOC(=O)Oc1c(I)cc(C#N)cc1I. The van der Waals surface area contributed by atoms with E-state index in [-0.39, 0.29) is 5.92 Å². The van der Waals surface area contributed by atoms with E-state index in [1.54, 1.807) is 19.1 Å². The molecule has 1 aromatic carbocycles. The van der Waals surface area contributed by atoms with Crippen LogP contribution in [0, 0.1) is 24.4 Å². The molecule has 7 heteroatoms. The van der Waals surface area contributed by atoms with Crippen molar-refractivity contribution in [3.05, 3.63) is 24.8 Å². The molecule has 1 rings (SSSR count). The zero-order valence-corrected chi connectivity index (χ0v) is 16.1. The van der Waals surface area contributed by atoms with Crippen molar-refractivity contribution in [3.63, 3.8) is 0 Å². The molecule has 0 aliphatic carbocycles. The molecule has 1 unspecified atom stereocenters. The zero-order valence-electron chi connectivity index (χ0n) is 11.8. The van der Waals surface area contributed by atoms with Crippen LogP contribution in [0.4, 0.5) is 4.79 Å². The summed E-state index contributed by atoms with van der Waals surface area (Å²) < 4.78 is 6.47. The van der Waals surface area contributed by atoms with Crippen LogP contribution in [0.15, 0.2) is 17.3 Å². The molecule has 0 aromatic heterocycles. The van der Waals surface area contributed by atoms with Gasteiger partial charge in [0.15, 0.2) is 5.75 Å². The van der Waals surface area contributed by atoms with Gasteiger partial charge in [-0.05, 0) is 76.6 Å². The second-order valence-corrected chi connectivity index (χ2v) is 6.69. The maximum absolute atomic E-state index is 11.7. The Kier molecular flexibility index (Phi) is 7.37. The second-order valence-electron chi connectivity index (χ2n) is 4.37. The number of nitriles is 1. The minimum absolute atomic E-state index is 0.244. The van der Waals surface area contributed by atoms with Gasteiger partial charge in [0, 0.05) is 0 Å². The van der Waals surface area contributed by atoms with Crippen LogP contribution in [0.25, 0.3) is 0 Å². The zero-order chi connectivity index (χ0) is 16.0. The van der Waals surface area contributed by atoms with Gasteiger partial charge in [0.1, 0.15) is 0 Å². The number of nitrogens with zero attached hydrogens (tertiary/aromatic N) is 2. The van der Waals surface area contributed by atoms with Crippen molar-refractivity contribution in [1.29, 1.82) is 5.26 Å². The predicted molar refractivity (Wildman–Crippen MR) is 96.3 cm³/mol. The number of carbonyl (C=O) groups is 1. The molecule has 112 valence electrons. The molecular weight excluding hydrogens is 498 g/mol. The average molecular weight is 512 g/mol. The summed E-state index contributed by atoms with van der Waals surface area (Å²) in [7, 11) is 0. The van der Waals surface area contributed by atoms with E-state index in [1.807, 2.05) is 65.1 Å². The summed E-state index contributed by atoms with van der Waals surface area (Å²) in [6, 6.07) is 5.32. The van der Waals surface area contributed by atoms with Gasteiger partial charge in [-0.2, -0.15) is 5.26 Å². The van der Waals surface area contributed by atoms with Gasteiger partial charge in [0.2, 0.25) is 0 Å². The highest BCUT2D eigenvalue weighted by Crippen LogP contribution is 2.29. The number of oxime groups is 1. The highest BCUT2D eigenvalue weighted by atomic mass is 127. The smallest absolute Gasteiger partial charge is 0.391 e. The summed E-state index contributed by atoms with van der Waals surface area (Å²) in [6.07, 6.45) is 0.0253. The molecule has 0 fully saturated rings. The van der Waals surface area contributed by atoms with E-state index in [4.69, 9.17) is 14.8 Å². The van der Waals surface area contributed by atoms with Crippen molar-refractivity contribution < 1.29 is 14.4 Å². The fourth-order valence-electron chi connectivity index (χ4n) is 1.32. The van der Waals surface area contributed by atoms with Gasteiger partial charge >= 0.3 is 6.16 Å². The monoisotopic (exact) mass is 512 g/mol. The van der Waals surface area contributed by atoms with Crippen LogP contribution in [0.5, 0.6) is 5.75 Å². The van der Waals surface area contributed by atoms with E-state index in [9.17, 15) is 4.79 Å². The molecule has 0 aliphatic heterocycles. The minimum Gasteiger partial charge on any atom is -0.391 e. The summed E-state index contributed by atoms with van der Waals surface area (Å²) in [4.78, 5) is 16.4. The molecule has 0 saturated carbocycles. The standard InChI is InChI=1S/C14H14I2N2O3/c1-4-8(2)9(3)18-21-14(19)20-13-11(15)5-10(7-17)6-12(13)16/h5-6,8H,4H2,1-3H3. The van der Waals surface area contributed by atoms with Crippen molar-refractivity contribution >= 4 is 57.0 Å². The molecule has 0 spiro atoms. The van der Waals surface area contributed by atoms with E-state index >= 15 is 0 Å². The lowest BCUT2D eigenvalue weighted by atomic mass is 10.1. The van der Waals surface area contributed by atoms with Crippen LogP contribution in [0.3, 0.4) is 0 Å². The van der Waals surface area contributed by atoms with Gasteiger partial charge in [-0.25, -0.2) is 4.79 Å². The Bertz CT molecular complexity index is 586. The Morgan fingerprint density at radius 1 is 1.43 bits per heavy atom. The first-order chi connectivity index (χ1) is 9.88. The summed E-state index contributed by atoms with van der Waals surface area (Å²) in [5.74, 6) is 0.615. The Hall–Kier alpha value is -0.890. The summed E-state index contributed by atoms with van der Waals surface area (Å²) in [5.41, 5.74) is 1.24. The van der Waals surface area contributed by atoms with Crippen molar-refractivity contribution in [2.45, 2.75) is 27.2 Å². The van der Waals surface area contributed by atoms with E-state index in [0.29, 0.717) is 18.5 Å². The lowest BCUT2D eigenvalue weighted by Crippen LogP contribution is -2.12. The molecule has 0 radical (unpaired) electrons. The van der Waals surface area contributed by atoms with Crippen LogP contribution >= 0.6 is 45.2 Å². The average Bonchev–Trinajstić information content (AvgIpc) is 2.47. The summed E-state index contributed by atoms with van der Waals surface area (Å²) >= 11 is 4.00. The van der Waals surface area contributed by atoms with E-state index in [0.717, 1.165) is 12.1 Å². The Labute approximate surface area is 151 Å². The lowest BCUT2D eigenvalue weighted by Gasteiger charge is -2.09. The van der Waals surface area contributed by atoms with Crippen LogP contribution in [-0.2, 0) is 4.84 Å². The highest BCUT2D eigenvalue weighted by molar-refractivity contribution is 14.1. The quantitative estimate of drug-likeness (QED) is 0.147. The number of carbonyl (C=O) groups excluding carboxylic acids is 1. The third-order valence-electron chi connectivity index (χ3n) is 2.90. The van der Waals surface area contributed by atoms with Gasteiger partial charge in [-0.1, -0.05) is 19.0 Å². The molecule has 5 nitrogen and oxygen atoms in total. The van der Waals surface area contributed by atoms with Crippen LogP contribution in [-0.4, -0.2) is 11.9 Å². The van der Waals surface area contributed by atoms with Gasteiger partial charge in [0.05, 0.1) is 24.5 Å². The molecule has 0 saturated heterocycles. The van der Waals surface area contributed by atoms with Crippen molar-refractivity contribution in [2.24, 2.45) is 11.1 Å². The van der Waals surface area contributed by atoms with E-state index < -0.39 is 6.16 Å². The number of ether oxygens (including phenoxy) is 1. The van der Waals surface area contributed by atoms with Gasteiger partial charge in [0.25, 0.3) is 0 Å². The number of halogens is 2. The van der Waals surface area contributed by atoms with Gasteiger partial charge in [-0.3, -0.25) is 4.84 Å². The van der Waals surface area contributed by atoms with E-state index in [2.05, 4.69) is 5.16 Å². The first-order valence-electron chi connectivity index (χ1n) is 6.21. The normalized spacial score (nSPS) is 12.5. The Morgan fingerprint density at radius 3 is 2.48 bits per heavy atom. The maximum atomic E-state index is 11.7. The number of benzene rings is 1. The van der Waals surface area contributed by atoms with Gasteiger partial charge in [-0.15, -0.1) is 0 Å². The van der Waals surface area contributed by atoms with Crippen molar-refractivity contribution in [1.82, 2.24) is 0 Å². The molecule has 1 aromatic rings. The fraction of sp³-hybridized carbons (Fsp3) is 0.357. The van der Waals surface area contributed by atoms with Crippen molar-refractivity contribution in [2.75, 3.05) is 0 Å². The first kappa shape index (κ1) is 18.2. The molecule has 21 heavy (non-hydrogen) atoms. The molecule has 0 amide bonds. The molecule has 0 aliphatic rings. The molecular formula is C14H14I2N2O3. The van der Waals surface area contributed by atoms with Crippen LogP contribution in [0.2, 0.25) is 0 Å². The highest BCUT2D eigenvalue weighted by Gasteiger charge is 2.15. The number of hydrogen-bond donors (Lipinski definition) is 0. The fourth-order valence-corrected chi connectivity index (χ4v) is 3.31. The number of rotatable bonds is 4. The largest absolute Gasteiger partial charge is 0.540 e. The lowest BCUT2D eigenvalue weighted by molar-refractivity contribution is 0.101. The summed E-state index contributed by atoms with van der Waals surface area (Å²) in [5, 5.41) is 12.6. The topological polar surface area (TPSA) is 71.7 Å². The minimum atomic E-state index is -0.891. The van der Waals surface area contributed by atoms with Crippen LogP contribution < -0.4 is 4.74 Å². The molecule has 0 bridgehead atoms.